The normalized spacial score (nSPS) is 12.5. The van der Waals surface area contributed by atoms with Crippen LogP contribution in [0.4, 0.5) is 0 Å². The van der Waals surface area contributed by atoms with Gasteiger partial charge in [0.1, 0.15) is 0 Å². The van der Waals surface area contributed by atoms with Crippen LogP contribution in [-0.4, -0.2) is 10.4 Å². The maximum absolute atomic E-state index is 6.74. The fourth-order valence-corrected chi connectivity index (χ4v) is 4.33. The van der Waals surface area contributed by atoms with Crippen LogP contribution in [0.1, 0.15) is 29.5 Å². The second kappa shape index (κ2) is 8.48. The molecule has 2 N–H and O–H groups in total. The van der Waals surface area contributed by atoms with E-state index in [4.69, 9.17) is 29.6 Å². The summed E-state index contributed by atoms with van der Waals surface area (Å²) in [6.07, 6.45) is 1.23. The predicted octanol–water partition coefficient (Wildman–Crippen LogP) is 5.69. The van der Waals surface area contributed by atoms with Crippen LogP contribution >= 0.6 is 23.8 Å². The van der Waals surface area contributed by atoms with Gasteiger partial charge in [-0.05, 0) is 23.1 Å². The molecule has 0 saturated carbocycles. The Morgan fingerprint density at radius 2 is 1.12 bits per heavy atom. The topological polar surface area (TPSA) is 26.0 Å². The van der Waals surface area contributed by atoms with E-state index in [1.807, 2.05) is 18.2 Å². The van der Waals surface area contributed by atoms with Gasteiger partial charge in [0.05, 0.1) is 4.99 Å². The Kier molecular flexibility index (Phi) is 6.08. The first-order chi connectivity index (χ1) is 12.6. The average Bonchev–Trinajstić information content (AvgIpc) is 2.67. The molecule has 1 nitrogen and oxygen atoms in total. The van der Waals surface area contributed by atoms with Crippen LogP contribution < -0.4 is 5.73 Å². The number of hydrogen-bond donors (Lipinski definition) is 1. The van der Waals surface area contributed by atoms with Crippen molar-refractivity contribution in [2.24, 2.45) is 5.73 Å². The third kappa shape index (κ3) is 3.98. The number of rotatable bonds is 7. The molecule has 0 aromatic heterocycles. The molecule has 0 aliphatic carbocycles. The van der Waals surface area contributed by atoms with Crippen molar-refractivity contribution in [1.82, 2.24) is 0 Å². The number of alkyl halides is 1. The van der Waals surface area contributed by atoms with Gasteiger partial charge in [-0.15, -0.1) is 11.6 Å². The van der Waals surface area contributed by atoms with Crippen LogP contribution in [-0.2, 0) is 5.41 Å². The first-order valence-electron chi connectivity index (χ1n) is 8.72. The summed E-state index contributed by atoms with van der Waals surface area (Å²) in [6.45, 7) is 0. The van der Waals surface area contributed by atoms with Crippen LogP contribution in [0.2, 0.25) is 0 Å². The standard InChI is InChI=1S/C23H22ClNS/c24-21(16-22(25)26)17-23(18-10-4-1-5-11-18,19-12-6-2-7-13-19)20-14-8-3-9-15-20/h1-15,21H,16-17H2,(H2,25,26). The summed E-state index contributed by atoms with van der Waals surface area (Å²) >= 11 is 11.8. The van der Waals surface area contributed by atoms with Crippen molar-refractivity contribution in [3.63, 3.8) is 0 Å². The minimum atomic E-state index is -0.360. The van der Waals surface area contributed by atoms with Gasteiger partial charge in [0, 0.05) is 17.2 Å². The third-order valence-corrected chi connectivity index (χ3v) is 5.23. The molecule has 0 saturated heterocycles. The van der Waals surface area contributed by atoms with Gasteiger partial charge in [-0.2, -0.15) is 0 Å². The van der Waals surface area contributed by atoms with E-state index < -0.39 is 0 Å². The molecule has 3 rings (SSSR count). The summed E-state index contributed by atoms with van der Waals surface area (Å²) in [5, 5.41) is -0.159. The summed E-state index contributed by atoms with van der Waals surface area (Å²) in [5.74, 6) is 0. The largest absolute Gasteiger partial charge is 0.393 e. The minimum Gasteiger partial charge on any atom is -0.393 e. The molecule has 26 heavy (non-hydrogen) atoms. The highest BCUT2D eigenvalue weighted by Gasteiger charge is 2.38. The second-order valence-electron chi connectivity index (χ2n) is 6.48. The first-order valence-corrected chi connectivity index (χ1v) is 9.56. The maximum Gasteiger partial charge on any atom is 0.0742 e. The van der Waals surface area contributed by atoms with Gasteiger partial charge < -0.3 is 5.73 Å². The number of hydrogen-bond acceptors (Lipinski definition) is 1. The van der Waals surface area contributed by atoms with Crippen molar-refractivity contribution in [2.75, 3.05) is 0 Å². The Hall–Kier alpha value is -2.16. The Morgan fingerprint density at radius 3 is 1.42 bits per heavy atom. The molecule has 0 heterocycles. The van der Waals surface area contributed by atoms with Gasteiger partial charge in [-0.3, -0.25) is 0 Å². The summed E-state index contributed by atoms with van der Waals surface area (Å²) in [5.41, 5.74) is 9.06. The number of thiocarbonyl (C=S) groups is 1. The van der Waals surface area contributed by atoms with Gasteiger partial charge >= 0.3 is 0 Å². The zero-order chi connectivity index (χ0) is 18.4. The van der Waals surface area contributed by atoms with Crippen LogP contribution in [0, 0.1) is 0 Å². The molecule has 3 aromatic carbocycles. The molecule has 1 unspecified atom stereocenters. The highest BCUT2D eigenvalue weighted by Crippen LogP contribution is 2.44. The van der Waals surface area contributed by atoms with Crippen molar-refractivity contribution in [3.05, 3.63) is 108 Å². The molecule has 3 aromatic rings. The van der Waals surface area contributed by atoms with Crippen molar-refractivity contribution in [3.8, 4) is 0 Å². The van der Waals surface area contributed by atoms with E-state index in [0.717, 1.165) is 0 Å². The van der Waals surface area contributed by atoms with Crippen molar-refractivity contribution in [2.45, 2.75) is 23.6 Å². The van der Waals surface area contributed by atoms with E-state index in [0.29, 0.717) is 17.8 Å². The molecule has 132 valence electrons. The fraction of sp³-hybridized carbons (Fsp3) is 0.174. The monoisotopic (exact) mass is 379 g/mol. The van der Waals surface area contributed by atoms with Gasteiger partial charge in [0.2, 0.25) is 0 Å². The SMILES string of the molecule is NC(=S)CC(Cl)CC(c1ccccc1)(c1ccccc1)c1ccccc1. The van der Waals surface area contributed by atoms with E-state index in [2.05, 4.69) is 72.8 Å². The van der Waals surface area contributed by atoms with Crippen molar-refractivity contribution < 1.29 is 0 Å². The quantitative estimate of drug-likeness (QED) is 0.324. The van der Waals surface area contributed by atoms with Crippen molar-refractivity contribution in [1.29, 1.82) is 0 Å². The third-order valence-electron chi connectivity index (χ3n) is 4.75. The first kappa shape index (κ1) is 18.6. The molecule has 0 amide bonds. The zero-order valence-electron chi connectivity index (χ0n) is 14.5. The van der Waals surface area contributed by atoms with Gasteiger partial charge in [-0.1, -0.05) is 103 Å². The second-order valence-corrected chi connectivity index (χ2v) is 7.62. The van der Waals surface area contributed by atoms with Crippen molar-refractivity contribution >= 4 is 28.8 Å². The highest BCUT2D eigenvalue weighted by atomic mass is 35.5. The molecule has 0 fully saturated rings. The number of halogens is 1. The van der Waals surface area contributed by atoms with Crippen LogP contribution in [0.5, 0.6) is 0 Å². The van der Waals surface area contributed by atoms with E-state index in [-0.39, 0.29) is 10.8 Å². The molecule has 1 atom stereocenters. The summed E-state index contributed by atoms with van der Waals surface area (Å²) in [6, 6.07) is 31.6. The van der Waals surface area contributed by atoms with Crippen LogP contribution in [0.25, 0.3) is 0 Å². The van der Waals surface area contributed by atoms with E-state index in [1.165, 1.54) is 16.7 Å². The number of benzene rings is 3. The van der Waals surface area contributed by atoms with Gasteiger partial charge in [0.25, 0.3) is 0 Å². The number of nitrogens with two attached hydrogens (primary N) is 1. The zero-order valence-corrected chi connectivity index (χ0v) is 16.1. The molecule has 3 heteroatoms. The smallest absolute Gasteiger partial charge is 0.0742 e. The highest BCUT2D eigenvalue weighted by molar-refractivity contribution is 7.80. The lowest BCUT2D eigenvalue weighted by molar-refractivity contribution is 0.545. The lowest BCUT2D eigenvalue weighted by atomic mass is 9.66. The molecule has 0 aliphatic heterocycles. The Labute approximate surface area is 165 Å². The Morgan fingerprint density at radius 1 is 0.769 bits per heavy atom. The summed E-state index contributed by atoms with van der Waals surface area (Å²) in [4.78, 5) is 0.452. The maximum atomic E-state index is 6.74. The van der Waals surface area contributed by atoms with Gasteiger partial charge in [0.15, 0.2) is 0 Å². The summed E-state index contributed by atoms with van der Waals surface area (Å²) < 4.78 is 0. The molecule has 0 bridgehead atoms. The van der Waals surface area contributed by atoms with Crippen LogP contribution in [0.3, 0.4) is 0 Å². The van der Waals surface area contributed by atoms with Crippen LogP contribution in [0.15, 0.2) is 91.0 Å². The molecular weight excluding hydrogens is 358 g/mol. The Bertz CT molecular complexity index is 737. The average molecular weight is 380 g/mol. The fourth-order valence-electron chi connectivity index (χ4n) is 3.64. The van der Waals surface area contributed by atoms with Gasteiger partial charge in [-0.25, -0.2) is 0 Å². The van der Waals surface area contributed by atoms with E-state index >= 15 is 0 Å². The molecule has 0 spiro atoms. The lowest BCUT2D eigenvalue weighted by Crippen LogP contribution is -2.33. The lowest BCUT2D eigenvalue weighted by Gasteiger charge is -2.37. The Balaban J connectivity index is 2.23. The molecule has 0 aliphatic rings. The summed E-state index contributed by atoms with van der Waals surface area (Å²) in [7, 11) is 0. The minimum absolute atomic E-state index is 0.159. The predicted molar refractivity (Wildman–Crippen MR) is 115 cm³/mol. The van der Waals surface area contributed by atoms with E-state index in [9.17, 15) is 0 Å². The molecular formula is C23H22ClNS. The molecule has 0 radical (unpaired) electrons. The van der Waals surface area contributed by atoms with E-state index in [1.54, 1.807) is 0 Å².